The average molecular weight is 975 g/mol. The van der Waals surface area contributed by atoms with Gasteiger partial charge in [-0.05, 0) is 96.7 Å². The molecule has 5 saturated carbocycles. The van der Waals surface area contributed by atoms with Crippen LogP contribution in [0.1, 0.15) is 99.3 Å². The fraction of sp³-hybridized carbons (Fsp3) is 0.979. The highest BCUT2D eigenvalue weighted by Gasteiger charge is 2.83. The minimum Gasteiger partial charge on any atom is -0.394 e. The molecule has 2 spiro atoms. The molecule has 20 nitrogen and oxygen atoms in total. The zero-order valence-corrected chi connectivity index (χ0v) is 40.0. The van der Waals surface area contributed by atoms with Gasteiger partial charge < -0.3 is 94.4 Å². The topological polar surface area (TPSA) is 324 Å². The summed E-state index contributed by atoms with van der Waals surface area (Å²) < 4.78 is 42.4. The van der Waals surface area contributed by atoms with Crippen molar-refractivity contribution in [1.82, 2.24) is 0 Å². The number of fused-ring (bicyclic) bond motifs is 2. The second-order valence-electron chi connectivity index (χ2n) is 23.7. The van der Waals surface area contributed by atoms with Crippen LogP contribution in [0.3, 0.4) is 0 Å². The molecule has 0 radical (unpaired) electrons. The summed E-state index contributed by atoms with van der Waals surface area (Å²) in [4.78, 5) is 14.6. The number of ketones is 1. The zero-order chi connectivity index (χ0) is 49.4. The van der Waals surface area contributed by atoms with Gasteiger partial charge in [-0.25, -0.2) is 0 Å². The Balaban J connectivity index is 0.885. The summed E-state index contributed by atoms with van der Waals surface area (Å²) in [7, 11) is 0. The molecule has 9 fully saturated rings. The first-order chi connectivity index (χ1) is 31.9. The van der Waals surface area contributed by atoms with Gasteiger partial charge in [-0.3, -0.25) is 4.79 Å². The molecule has 20 heteroatoms. The Labute approximate surface area is 396 Å². The summed E-state index contributed by atoms with van der Waals surface area (Å²) >= 11 is 0. The van der Waals surface area contributed by atoms with Crippen molar-refractivity contribution in [3.63, 3.8) is 0 Å². The molecule has 390 valence electrons. The van der Waals surface area contributed by atoms with E-state index >= 15 is 0 Å². The number of carbonyl (C=O) groups is 1. The van der Waals surface area contributed by atoms with Crippen molar-refractivity contribution in [3.05, 3.63) is 0 Å². The largest absolute Gasteiger partial charge is 0.394 e. The van der Waals surface area contributed by atoms with E-state index in [9.17, 15) is 66.1 Å². The van der Waals surface area contributed by atoms with Gasteiger partial charge >= 0.3 is 0 Å². The smallest absolute Gasteiger partial charge is 0.187 e. The van der Waals surface area contributed by atoms with Gasteiger partial charge in [-0.2, -0.15) is 0 Å². The first-order valence-electron chi connectivity index (χ1n) is 24.9. The Morgan fingerprint density at radius 3 is 1.78 bits per heavy atom. The maximum atomic E-state index is 14.6. The van der Waals surface area contributed by atoms with Crippen LogP contribution in [0.15, 0.2) is 0 Å². The normalized spacial score (nSPS) is 56.9. The van der Waals surface area contributed by atoms with E-state index in [4.69, 9.17) is 33.2 Å². The number of aliphatic hydroxyl groups excluding tert-OH is 12. The molecule has 1 unspecified atom stereocenters. The first-order valence-corrected chi connectivity index (χ1v) is 24.9. The van der Waals surface area contributed by atoms with Crippen LogP contribution >= 0.6 is 0 Å². The van der Waals surface area contributed by atoms with Crippen molar-refractivity contribution in [3.8, 4) is 0 Å². The Kier molecular flexibility index (Phi) is 13.8. The van der Waals surface area contributed by atoms with Gasteiger partial charge in [-0.15, -0.1) is 0 Å². The lowest BCUT2D eigenvalue weighted by Crippen LogP contribution is -2.65. The van der Waals surface area contributed by atoms with Crippen molar-refractivity contribution < 1.29 is 99.2 Å². The fourth-order valence-corrected chi connectivity index (χ4v) is 16.2. The maximum absolute atomic E-state index is 14.6. The fourth-order valence-electron chi connectivity index (χ4n) is 16.2. The predicted molar refractivity (Wildman–Crippen MR) is 231 cm³/mol. The van der Waals surface area contributed by atoms with E-state index < -0.39 is 141 Å². The third kappa shape index (κ3) is 7.59. The van der Waals surface area contributed by atoms with Crippen LogP contribution in [0, 0.1) is 50.7 Å². The summed E-state index contributed by atoms with van der Waals surface area (Å²) in [5, 5.41) is 126. The first kappa shape index (κ1) is 51.8. The Morgan fingerprint density at radius 1 is 0.618 bits per heavy atom. The van der Waals surface area contributed by atoms with Crippen LogP contribution in [-0.4, -0.2) is 210 Å². The van der Waals surface area contributed by atoms with E-state index in [-0.39, 0.29) is 64.1 Å². The third-order valence-electron chi connectivity index (χ3n) is 20.2. The minimum absolute atomic E-state index is 0.000792. The van der Waals surface area contributed by atoms with E-state index in [2.05, 4.69) is 27.7 Å². The Morgan fingerprint density at radius 2 is 1.16 bits per heavy atom. The molecule has 0 amide bonds. The molecule has 9 rings (SSSR count). The lowest BCUT2D eigenvalue weighted by molar-refractivity contribution is -0.377. The maximum Gasteiger partial charge on any atom is 0.187 e. The molecule has 5 aliphatic carbocycles. The van der Waals surface area contributed by atoms with Gasteiger partial charge in [0.05, 0.1) is 44.7 Å². The van der Waals surface area contributed by atoms with Crippen LogP contribution < -0.4 is 0 Å². The number of hydrogen-bond acceptors (Lipinski definition) is 20. The summed E-state index contributed by atoms with van der Waals surface area (Å²) in [5.41, 5.74) is -2.32. The number of ether oxygens (including phenoxy) is 7. The Bertz CT molecular complexity index is 1840. The van der Waals surface area contributed by atoms with Crippen LogP contribution in [0.5, 0.6) is 0 Å². The lowest BCUT2D eigenvalue weighted by Gasteiger charge is -2.63. The molecule has 4 saturated heterocycles. The van der Waals surface area contributed by atoms with Crippen molar-refractivity contribution in [2.24, 2.45) is 50.7 Å². The van der Waals surface area contributed by atoms with Crippen LogP contribution in [0.4, 0.5) is 0 Å². The SMILES string of the molecule is C[C@@H]([C@H]1C(=O)C[C@@]2(C)[C@@H]3CC[C@H]4C(C)(C)[C@@H](O[C@@H]5O[C@H](CO)[C@@H](O)[C@H](O)[C@H]5O[C@@H]5O[C@H](CO)[C@@H](O)[C@H](O)[C@H]5O)CC[C@@]45C[C@@]35CC[C@]12C)[C@H]1C[C@H](O)C(C)(CO[C@@H]2O[C@H](CO)[C@@H](O)[C@H](O)[C@H]2O)O1. The summed E-state index contributed by atoms with van der Waals surface area (Å²) in [5.74, 6) is 0.141. The molecule has 0 aromatic carbocycles. The Hall–Kier alpha value is -1.09. The van der Waals surface area contributed by atoms with Crippen molar-refractivity contribution in [2.45, 2.75) is 215 Å². The summed E-state index contributed by atoms with van der Waals surface area (Å²) in [6, 6.07) is 0. The van der Waals surface area contributed by atoms with E-state index in [1.54, 1.807) is 6.92 Å². The minimum atomic E-state index is -1.78. The van der Waals surface area contributed by atoms with Gasteiger partial charge in [0, 0.05) is 18.8 Å². The summed E-state index contributed by atoms with van der Waals surface area (Å²) in [6.07, 6.45) is -17.8. The van der Waals surface area contributed by atoms with E-state index in [1.807, 2.05) is 6.92 Å². The quantitative estimate of drug-likeness (QED) is 0.0939. The van der Waals surface area contributed by atoms with E-state index in [1.165, 1.54) is 0 Å². The third-order valence-corrected chi connectivity index (χ3v) is 20.2. The number of aliphatic hydroxyl groups is 12. The summed E-state index contributed by atoms with van der Waals surface area (Å²) in [6.45, 7) is 10.6. The average Bonchev–Trinajstić information content (AvgIpc) is 3.79. The molecule has 27 atom stereocenters. The van der Waals surface area contributed by atoms with Crippen LogP contribution in [0.2, 0.25) is 0 Å². The molecular formula is C48H78O20. The van der Waals surface area contributed by atoms with Crippen molar-refractivity contribution >= 4 is 5.78 Å². The number of hydrogen-bond donors (Lipinski definition) is 12. The highest BCUT2D eigenvalue weighted by molar-refractivity contribution is 5.86. The van der Waals surface area contributed by atoms with Crippen LogP contribution in [-0.2, 0) is 38.0 Å². The molecule has 4 heterocycles. The number of Topliss-reactive ketones (excluding diaryl/α,β-unsaturated/α-hetero) is 1. The molecule has 0 bridgehead atoms. The van der Waals surface area contributed by atoms with E-state index in [0.29, 0.717) is 12.8 Å². The molecule has 0 aromatic heterocycles. The molecule has 12 N–H and O–H groups in total. The monoisotopic (exact) mass is 975 g/mol. The number of carbonyl (C=O) groups excluding carboxylic acids is 1. The highest BCUT2D eigenvalue weighted by atomic mass is 16.8. The lowest BCUT2D eigenvalue weighted by atomic mass is 9.41. The molecule has 68 heavy (non-hydrogen) atoms. The molecule has 9 aliphatic rings. The van der Waals surface area contributed by atoms with Crippen LogP contribution in [0.25, 0.3) is 0 Å². The standard InChI is InChI=1S/C48H78O20/c1-20(22-13-28(53)46(6,68-22)19-62-40-37(60)34(57)31(54)23(15-49)63-40)30-21(52)14-45(5)27-8-7-26-43(2,3)29(9-10-47(26)18-48(27,47)12-11-44(30,45)4)66-42-39(36(59)33(56)25(17-51)65-42)67-41-38(61)35(58)32(55)24(16-50)64-41/h20,22-42,49-51,53-61H,7-19H2,1-6H3/t20-,22-,23-,24-,25-,26+,27+,28+,29+,30+,31-,32-,33-,34+,35+,36+,37-,38-,39-,40-,41+,42+,44-,45+,46?,47-,48+/m1/s1. The second-order valence-corrected chi connectivity index (χ2v) is 23.7. The van der Waals surface area contributed by atoms with Gasteiger partial charge in [0.2, 0.25) is 0 Å². The number of rotatable bonds is 12. The molecule has 4 aliphatic heterocycles. The zero-order valence-electron chi connectivity index (χ0n) is 40.0. The second kappa shape index (κ2) is 18.1. The highest BCUT2D eigenvalue weighted by Crippen LogP contribution is 2.89. The van der Waals surface area contributed by atoms with Gasteiger partial charge in [-0.1, -0.05) is 34.6 Å². The van der Waals surface area contributed by atoms with Crippen molar-refractivity contribution in [2.75, 3.05) is 26.4 Å². The van der Waals surface area contributed by atoms with E-state index in [0.717, 1.165) is 38.5 Å². The predicted octanol–water partition coefficient (Wildman–Crippen LogP) is -2.03. The van der Waals surface area contributed by atoms with Gasteiger partial charge in [0.1, 0.15) is 84.6 Å². The molecule has 0 aromatic rings. The van der Waals surface area contributed by atoms with Gasteiger partial charge in [0.15, 0.2) is 18.9 Å². The van der Waals surface area contributed by atoms with Gasteiger partial charge in [0.25, 0.3) is 0 Å². The molecular weight excluding hydrogens is 897 g/mol. The van der Waals surface area contributed by atoms with Crippen molar-refractivity contribution in [1.29, 1.82) is 0 Å².